The highest BCUT2D eigenvalue weighted by molar-refractivity contribution is 5.41. The molecule has 1 heterocycles. The number of hydrogen-bond acceptors (Lipinski definition) is 2. The normalized spacial score (nSPS) is 14.0. The van der Waals surface area contributed by atoms with Gasteiger partial charge in [-0.3, -0.25) is 4.68 Å². The zero-order valence-corrected chi connectivity index (χ0v) is 16.6. The van der Waals surface area contributed by atoms with E-state index in [1.165, 1.54) is 22.4 Å². The Bertz CT molecular complexity index is 712. The topological polar surface area (TPSA) is 43.8 Å². The molecule has 0 saturated heterocycles. The molecule has 0 aliphatic carbocycles. The Hall–Kier alpha value is -1.61. The van der Waals surface area contributed by atoms with Crippen LogP contribution >= 0.6 is 0 Å². The van der Waals surface area contributed by atoms with E-state index in [-0.39, 0.29) is 16.7 Å². The lowest BCUT2D eigenvalue weighted by Crippen LogP contribution is -2.19. The molecule has 2 aromatic rings. The van der Waals surface area contributed by atoms with Crippen LogP contribution in [0.3, 0.4) is 0 Å². The second-order valence-electron chi connectivity index (χ2n) is 8.94. The molecule has 0 saturated carbocycles. The average molecular weight is 328 g/mol. The van der Waals surface area contributed by atoms with Crippen LogP contribution < -0.4 is 5.73 Å². The molecule has 1 aromatic carbocycles. The second kappa shape index (κ2) is 6.36. The molecule has 24 heavy (non-hydrogen) atoms. The van der Waals surface area contributed by atoms with Crippen molar-refractivity contribution < 1.29 is 0 Å². The van der Waals surface area contributed by atoms with Gasteiger partial charge in [-0.1, -0.05) is 59.7 Å². The highest BCUT2D eigenvalue weighted by Gasteiger charge is 2.25. The molecule has 0 spiro atoms. The molecule has 0 fully saturated rings. The largest absolute Gasteiger partial charge is 0.329 e. The van der Waals surface area contributed by atoms with Crippen LogP contribution in [0.15, 0.2) is 24.3 Å². The average Bonchev–Trinajstić information content (AvgIpc) is 2.83. The van der Waals surface area contributed by atoms with E-state index in [0.29, 0.717) is 6.54 Å². The highest BCUT2D eigenvalue weighted by atomic mass is 15.3. The Kier molecular flexibility index (Phi) is 4.96. The Labute approximate surface area is 147 Å². The van der Waals surface area contributed by atoms with Gasteiger partial charge >= 0.3 is 0 Å². The molecule has 3 nitrogen and oxygen atoms in total. The number of hydrogen-bond donors (Lipinski definition) is 1. The van der Waals surface area contributed by atoms with Crippen molar-refractivity contribution in [2.45, 2.75) is 65.2 Å². The summed E-state index contributed by atoms with van der Waals surface area (Å²) in [5, 5.41) is 4.74. The third-order valence-corrected chi connectivity index (χ3v) is 4.80. The van der Waals surface area contributed by atoms with Crippen LogP contribution in [0.4, 0.5) is 0 Å². The van der Waals surface area contributed by atoms with Crippen LogP contribution in [0.2, 0.25) is 0 Å². The van der Waals surface area contributed by atoms with Gasteiger partial charge in [0.1, 0.15) is 0 Å². The summed E-state index contributed by atoms with van der Waals surface area (Å²) in [7, 11) is 2.02. The minimum atomic E-state index is 0.0391. The quantitative estimate of drug-likeness (QED) is 0.907. The maximum absolute atomic E-state index is 6.21. The van der Waals surface area contributed by atoms with Crippen molar-refractivity contribution in [2.75, 3.05) is 6.54 Å². The smallest absolute Gasteiger partial charge is 0.0681 e. The summed E-state index contributed by atoms with van der Waals surface area (Å²) in [5.74, 6) is 0.167. The van der Waals surface area contributed by atoms with Gasteiger partial charge in [0.25, 0.3) is 0 Å². The summed E-state index contributed by atoms with van der Waals surface area (Å²) in [5.41, 5.74) is 12.6. The van der Waals surface area contributed by atoms with Crippen LogP contribution in [0.5, 0.6) is 0 Å². The van der Waals surface area contributed by atoms with Crippen LogP contribution in [-0.4, -0.2) is 16.3 Å². The van der Waals surface area contributed by atoms with E-state index >= 15 is 0 Å². The number of nitrogens with two attached hydrogens (primary N) is 1. The Morgan fingerprint density at radius 3 is 2.12 bits per heavy atom. The van der Waals surface area contributed by atoms with E-state index in [0.717, 1.165) is 5.69 Å². The first-order valence-corrected chi connectivity index (χ1v) is 8.80. The molecular formula is C21H33N3. The number of aromatic nitrogens is 2. The van der Waals surface area contributed by atoms with Gasteiger partial charge in [0.2, 0.25) is 0 Å². The van der Waals surface area contributed by atoms with Crippen LogP contribution in [0.25, 0.3) is 0 Å². The van der Waals surface area contributed by atoms with E-state index in [4.69, 9.17) is 10.8 Å². The number of nitrogens with zero attached hydrogens (tertiary/aromatic N) is 2. The van der Waals surface area contributed by atoms with Gasteiger partial charge in [-0.05, 0) is 35.1 Å². The van der Waals surface area contributed by atoms with Crippen molar-refractivity contribution in [3.05, 3.63) is 52.3 Å². The minimum absolute atomic E-state index is 0.0391. The molecule has 0 aliphatic rings. The molecular weight excluding hydrogens is 294 g/mol. The van der Waals surface area contributed by atoms with Crippen LogP contribution in [-0.2, 0) is 17.9 Å². The molecule has 0 amide bonds. The molecule has 1 unspecified atom stereocenters. The van der Waals surface area contributed by atoms with Crippen molar-refractivity contribution in [2.24, 2.45) is 12.8 Å². The first-order chi connectivity index (χ1) is 10.9. The Morgan fingerprint density at radius 1 is 1.04 bits per heavy atom. The molecule has 1 atom stereocenters. The van der Waals surface area contributed by atoms with Gasteiger partial charge in [0.05, 0.1) is 5.69 Å². The van der Waals surface area contributed by atoms with Crippen LogP contribution in [0, 0.1) is 6.92 Å². The summed E-state index contributed by atoms with van der Waals surface area (Å²) in [4.78, 5) is 0. The van der Waals surface area contributed by atoms with E-state index < -0.39 is 0 Å². The summed E-state index contributed by atoms with van der Waals surface area (Å²) in [6.45, 7) is 16.1. The Balaban J connectivity index is 2.56. The first-order valence-electron chi connectivity index (χ1n) is 8.80. The standard InChI is InChI=1S/C21H33N3/c1-14-9-10-15(20(2,3)4)11-16(14)17(13-22)18-12-19(21(5,6)7)23-24(18)8/h9-12,17H,13,22H2,1-8H3. The van der Waals surface area contributed by atoms with Gasteiger partial charge in [-0.15, -0.1) is 0 Å². The van der Waals surface area contributed by atoms with Gasteiger partial charge in [-0.25, -0.2) is 0 Å². The predicted octanol–water partition coefficient (Wildman–Crippen LogP) is 4.41. The lowest BCUT2D eigenvalue weighted by Gasteiger charge is -2.24. The lowest BCUT2D eigenvalue weighted by molar-refractivity contribution is 0.549. The predicted molar refractivity (Wildman–Crippen MR) is 103 cm³/mol. The maximum atomic E-state index is 6.21. The highest BCUT2D eigenvalue weighted by Crippen LogP contribution is 2.33. The van der Waals surface area contributed by atoms with Crippen LogP contribution in [0.1, 0.15) is 75.5 Å². The fourth-order valence-corrected chi connectivity index (χ4v) is 3.06. The van der Waals surface area contributed by atoms with Gasteiger partial charge in [0, 0.05) is 30.6 Å². The summed E-state index contributed by atoms with van der Waals surface area (Å²) >= 11 is 0. The molecule has 132 valence electrons. The van der Waals surface area contributed by atoms with Crippen molar-refractivity contribution in [3.8, 4) is 0 Å². The molecule has 0 aliphatic heterocycles. The SMILES string of the molecule is Cc1ccc(C(C)(C)C)cc1C(CN)c1cc(C(C)(C)C)nn1C. The van der Waals surface area contributed by atoms with Gasteiger partial charge in [-0.2, -0.15) is 5.10 Å². The minimum Gasteiger partial charge on any atom is -0.329 e. The van der Waals surface area contributed by atoms with E-state index in [1.54, 1.807) is 0 Å². The summed E-state index contributed by atoms with van der Waals surface area (Å²) < 4.78 is 2.00. The maximum Gasteiger partial charge on any atom is 0.0681 e. The number of rotatable bonds is 3. The fourth-order valence-electron chi connectivity index (χ4n) is 3.06. The van der Waals surface area contributed by atoms with Crippen molar-refractivity contribution in [1.82, 2.24) is 9.78 Å². The lowest BCUT2D eigenvalue weighted by atomic mass is 9.82. The first kappa shape index (κ1) is 18.7. The van der Waals surface area contributed by atoms with Crippen molar-refractivity contribution in [3.63, 3.8) is 0 Å². The molecule has 2 N–H and O–H groups in total. The molecule has 0 bridgehead atoms. The summed E-state index contributed by atoms with van der Waals surface area (Å²) in [6, 6.07) is 9.01. The van der Waals surface area contributed by atoms with Gasteiger partial charge < -0.3 is 5.73 Å². The zero-order valence-electron chi connectivity index (χ0n) is 16.6. The molecule has 3 heteroatoms. The second-order valence-corrected chi connectivity index (χ2v) is 8.94. The monoisotopic (exact) mass is 327 g/mol. The number of benzene rings is 1. The summed E-state index contributed by atoms with van der Waals surface area (Å²) in [6.07, 6.45) is 0. The fraction of sp³-hybridized carbons (Fsp3) is 0.571. The Morgan fingerprint density at radius 2 is 1.67 bits per heavy atom. The third kappa shape index (κ3) is 3.72. The molecule has 1 aromatic heterocycles. The molecule has 2 rings (SSSR count). The van der Waals surface area contributed by atoms with Gasteiger partial charge in [0.15, 0.2) is 0 Å². The van der Waals surface area contributed by atoms with E-state index in [1.807, 2.05) is 11.7 Å². The molecule has 0 radical (unpaired) electrons. The van der Waals surface area contributed by atoms with E-state index in [9.17, 15) is 0 Å². The number of aryl methyl sites for hydroxylation is 2. The zero-order chi connectivity index (χ0) is 18.3. The third-order valence-electron chi connectivity index (χ3n) is 4.80. The van der Waals surface area contributed by atoms with Crippen molar-refractivity contribution >= 4 is 0 Å². The van der Waals surface area contributed by atoms with Crippen molar-refractivity contribution in [1.29, 1.82) is 0 Å². The van der Waals surface area contributed by atoms with E-state index in [2.05, 4.69) is 72.7 Å².